The third kappa shape index (κ3) is 4.64. The molecular weight excluding hydrogens is 319 g/mol. The van der Waals surface area contributed by atoms with Gasteiger partial charge < -0.3 is 9.47 Å². The van der Waals surface area contributed by atoms with Crippen LogP contribution in [0.2, 0.25) is 0 Å². The van der Waals surface area contributed by atoms with Crippen molar-refractivity contribution >= 4 is 0 Å². The molecule has 0 aromatic carbocycles. The molecule has 1 fully saturated rings. The smallest absolute Gasteiger partial charge is 0.356 e. The van der Waals surface area contributed by atoms with E-state index in [4.69, 9.17) is 14.7 Å². The van der Waals surface area contributed by atoms with E-state index in [2.05, 4.69) is 19.9 Å². The van der Waals surface area contributed by atoms with Gasteiger partial charge in [0, 0.05) is 13.0 Å². The van der Waals surface area contributed by atoms with Crippen molar-refractivity contribution in [2.45, 2.75) is 84.3 Å². The summed E-state index contributed by atoms with van der Waals surface area (Å²) >= 11 is 0. The van der Waals surface area contributed by atoms with Crippen LogP contribution in [0.15, 0.2) is 0 Å². The van der Waals surface area contributed by atoms with Crippen LogP contribution < -0.4 is 0 Å². The van der Waals surface area contributed by atoms with Crippen molar-refractivity contribution in [3.8, 4) is 6.07 Å². The van der Waals surface area contributed by atoms with Crippen molar-refractivity contribution in [3.63, 3.8) is 0 Å². The molecule has 0 radical (unpaired) electrons. The fraction of sp³-hybridized carbons (Fsp3) is 0.944. The maximum absolute atomic E-state index is 13.6. The largest absolute Gasteiger partial charge is 0.417 e. The Balaban J connectivity index is 2.89. The van der Waals surface area contributed by atoms with Crippen LogP contribution in [0.25, 0.3) is 0 Å². The highest BCUT2D eigenvalue weighted by molar-refractivity contribution is 4.98. The molecule has 0 bridgehead atoms. The SMILES string of the molecule is CCC(C)(CC(C)C#N)C1CCC(OC(C)OC)(C(F)(F)F)CC1. The first-order chi connectivity index (χ1) is 11.0. The Kier molecular flexibility index (Phi) is 7.13. The number of methoxy groups -OCH3 is 1. The number of nitriles is 1. The fourth-order valence-electron chi connectivity index (χ4n) is 3.96. The zero-order valence-corrected chi connectivity index (χ0v) is 15.4. The number of hydrogen-bond donors (Lipinski definition) is 0. The van der Waals surface area contributed by atoms with Gasteiger partial charge in [0.2, 0.25) is 0 Å². The summed E-state index contributed by atoms with van der Waals surface area (Å²) < 4.78 is 51.1. The lowest BCUT2D eigenvalue weighted by molar-refractivity contribution is -0.329. The van der Waals surface area contributed by atoms with Gasteiger partial charge in [-0.1, -0.05) is 20.3 Å². The second-order valence-electron chi connectivity index (χ2n) is 7.43. The van der Waals surface area contributed by atoms with Crippen molar-refractivity contribution in [2.75, 3.05) is 7.11 Å². The maximum atomic E-state index is 13.6. The minimum absolute atomic E-state index is 0.0502. The molecule has 0 N–H and O–H groups in total. The molecule has 1 aliphatic rings. The molecule has 3 nitrogen and oxygen atoms in total. The molecule has 1 rings (SSSR count). The average Bonchev–Trinajstić information content (AvgIpc) is 2.53. The third-order valence-electron chi connectivity index (χ3n) is 5.82. The first-order valence-corrected chi connectivity index (χ1v) is 8.70. The first-order valence-electron chi connectivity index (χ1n) is 8.70. The standard InChI is InChI=1S/C18H30F3NO2/c1-6-16(4,11-13(2)12-22)15-7-9-17(10-8-15,18(19,20)21)24-14(3)23-5/h13-15H,6-11H2,1-5H3. The molecule has 0 aliphatic heterocycles. The lowest BCUT2D eigenvalue weighted by Crippen LogP contribution is -2.53. The molecule has 3 atom stereocenters. The number of nitrogens with zero attached hydrogens (tertiary/aromatic N) is 1. The molecule has 0 aromatic heterocycles. The molecule has 24 heavy (non-hydrogen) atoms. The highest BCUT2D eigenvalue weighted by Crippen LogP contribution is 2.52. The number of alkyl halides is 3. The van der Waals surface area contributed by atoms with E-state index in [1.165, 1.54) is 14.0 Å². The Labute approximate surface area is 143 Å². The Bertz CT molecular complexity index is 439. The molecule has 0 heterocycles. The van der Waals surface area contributed by atoms with Crippen molar-refractivity contribution in [1.82, 2.24) is 0 Å². The van der Waals surface area contributed by atoms with Gasteiger partial charge in [0.25, 0.3) is 0 Å². The normalized spacial score (nSPS) is 30.2. The molecule has 0 spiro atoms. The third-order valence-corrected chi connectivity index (χ3v) is 5.82. The van der Waals surface area contributed by atoms with Crippen LogP contribution >= 0.6 is 0 Å². The van der Waals surface area contributed by atoms with E-state index in [0.29, 0.717) is 12.8 Å². The summed E-state index contributed by atoms with van der Waals surface area (Å²) in [6.45, 7) is 7.52. The predicted molar refractivity (Wildman–Crippen MR) is 86.1 cm³/mol. The van der Waals surface area contributed by atoms with Gasteiger partial charge in [-0.05, 0) is 57.3 Å². The van der Waals surface area contributed by atoms with Gasteiger partial charge in [-0.25, -0.2) is 0 Å². The second-order valence-corrected chi connectivity index (χ2v) is 7.43. The van der Waals surface area contributed by atoms with Crippen LogP contribution in [-0.2, 0) is 9.47 Å². The van der Waals surface area contributed by atoms with Crippen LogP contribution in [0.5, 0.6) is 0 Å². The summed E-state index contributed by atoms with van der Waals surface area (Å²) in [5.74, 6) is 0.0873. The minimum atomic E-state index is -4.41. The van der Waals surface area contributed by atoms with Gasteiger partial charge in [0.15, 0.2) is 11.9 Å². The highest BCUT2D eigenvalue weighted by Gasteiger charge is 2.58. The number of hydrogen-bond acceptors (Lipinski definition) is 3. The average molecular weight is 349 g/mol. The van der Waals surface area contributed by atoms with Gasteiger partial charge in [0.05, 0.1) is 6.07 Å². The topological polar surface area (TPSA) is 42.2 Å². The molecule has 3 unspecified atom stereocenters. The molecule has 140 valence electrons. The Hall–Kier alpha value is -0.800. The monoisotopic (exact) mass is 349 g/mol. The summed E-state index contributed by atoms with van der Waals surface area (Å²) in [5.41, 5.74) is -2.23. The minimum Gasteiger partial charge on any atom is -0.356 e. The zero-order chi connectivity index (χ0) is 18.6. The molecular formula is C18H30F3NO2. The maximum Gasteiger partial charge on any atom is 0.417 e. The quantitative estimate of drug-likeness (QED) is 0.574. The van der Waals surface area contributed by atoms with E-state index in [1.54, 1.807) is 0 Å². The summed E-state index contributed by atoms with van der Waals surface area (Å²) in [7, 11) is 1.35. The van der Waals surface area contributed by atoms with Crippen molar-refractivity contribution in [2.24, 2.45) is 17.3 Å². The van der Waals surface area contributed by atoms with Gasteiger partial charge in [-0.3, -0.25) is 0 Å². The highest BCUT2D eigenvalue weighted by atomic mass is 19.4. The molecule has 1 aliphatic carbocycles. The number of halogens is 3. The van der Waals surface area contributed by atoms with Gasteiger partial charge >= 0.3 is 6.18 Å². The van der Waals surface area contributed by atoms with E-state index < -0.39 is 18.1 Å². The van der Waals surface area contributed by atoms with Gasteiger partial charge in [-0.2, -0.15) is 18.4 Å². The zero-order valence-electron chi connectivity index (χ0n) is 15.4. The lowest BCUT2D eigenvalue weighted by atomic mass is 9.62. The van der Waals surface area contributed by atoms with E-state index in [9.17, 15) is 13.2 Å². The van der Waals surface area contributed by atoms with Crippen molar-refractivity contribution < 1.29 is 22.6 Å². The Morgan fingerprint density at radius 1 is 1.25 bits per heavy atom. The summed E-state index contributed by atoms with van der Waals surface area (Å²) in [4.78, 5) is 0. The number of ether oxygens (including phenoxy) is 2. The Morgan fingerprint density at radius 3 is 2.17 bits per heavy atom. The van der Waals surface area contributed by atoms with Crippen LogP contribution in [0, 0.1) is 28.6 Å². The molecule has 0 amide bonds. The van der Waals surface area contributed by atoms with Gasteiger partial charge in [-0.15, -0.1) is 0 Å². The van der Waals surface area contributed by atoms with E-state index in [0.717, 1.165) is 12.8 Å². The van der Waals surface area contributed by atoms with E-state index in [1.807, 2.05) is 6.92 Å². The lowest BCUT2D eigenvalue weighted by Gasteiger charge is -2.47. The van der Waals surface area contributed by atoms with Crippen LogP contribution in [0.1, 0.15) is 66.2 Å². The van der Waals surface area contributed by atoms with Crippen LogP contribution in [0.4, 0.5) is 13.2 Å². The summed E-state index contributed by atoms with van der Waals surface area (Å²) in [6.07, 6.45) is -2.91. The fourth-order valence-corrected chi connectivity index (χ4v) is 3.96. The van der Waals surface area contributed by atoms with Gasteiger partial charge in [0.1, 0.15) is 0 Å². The Morgan fingerprint density at radius 2 is 1.79 bits per heavy atom. The summed E-state index contributed by atoms with van der Waals surface area (Å²) in [5, 5.41) is 9.08. The molecule has 0 saturated heterocycles. The van der Waals surface area contributed by atoms with Crippen LogP contribution in [-0.4, -0.2) is 25.2 Å². The molecule has 0 aromatic rings. The van der Waals surface area contributed by atoms with E-state index in [-0.39, 0.29) is 30.1 Å². The summed E-state index contributed by atoms with van der Waals surface area (Å²) in [6, 6.07) is 2.25. The van der Waals surface area contributed by atoms with E-state index >= 15 is 0 Å². The first kappa shape index (κ1) is 21.2. The van der Waals surface area contributed by atoms with Crippen molar-refractivity contribution in [3.05, 3.63) is 0 Å². The number of rotatable bonds is 7. The van der Waals surface area contributed by atoms with Crippen LogP contribution in [0.3, 0.4) is 0 Å². The molecule has 1 saturated carbocycles. The molecule has 6 heteroatoms. The second kappa shape index (κ2) is 8.05. The van der Waals surface area contributed by atoms with Crippen molar-refractivity contribution in [1.29, 1.82) is 5.26 Å². The predicted octanol–water partition coefficient (Wildman–Crippen LogP) is 5.45.